The molecule has 4 N–H and O–H groups in total. The Kier molecular flexibility index (Phi) is 9.57. The summed E-state index contributed by atoms with van der Waals surface area (Å²) in [5.41, 5.74) is 3.61. The molecule has 0 aromatic carbocycles. The normalized spacial score (nSPS) is 12.1. The Morgan fingerprint density at radius 2 is 1.85 bits per heavy atom. The monoisotopic (exact) mass is 290 g/mol. The first-order valence-corrected chi connectivity index (χ1v) is 6.84. The van der Waals surface area contributed by atoms with Crippen LogP contribution in [0, 0.1) is 0 Å². The molecular formula is C13H26N2O5+2. The lowest BCUT2D eigenvalue weighted by atomic mass is 10.2. The van der Waals surface area contributed by atoms with Crippen molar-refractivity contribution in [1.29, 1.82) is 0 Å². The zero-order valence-electron chi connectivity index (χ0n) is 12.6. The summed E-state index contributed by atoms with van der Waals surface area (Å²) < 4.78 is 9.73. The molecule has 0 aromatic heterocycles. The molecule has 0 aliphatic rings. The average molecular weight is 290 g/mol. The summed E-state index contributed by atoms with van der Waals surface area (Å²) in [7, 11) is 3.93. The number of hydrogen-bond donors (Lipinski definition) is 2. The van der Waals surface area contributed by atoms with Gasteiger partial charge in [-0.05, 0) is 0 Å². The average Bonchev–Trinajstić information content (AvgIpc) is 2.32. The minimum Gasteiger partial charge on any atom is -0.462 e. The fourth-order valence-electron chi connectivity index (χ4n) is 1.56. The van der Waals surface area contributed by atoms with Gasteiger partial charge in [0.05, 0.1) is 40.0 Å². The van der Waals surface area contributed by atoms with Crippen LogP contribution in [0.5, 0.6) is 0 Å². The minimum atomic E-state index is -0.654. The molecule has 0 rings (SSSR count). The zero-order valence-corrected chi connectivity index (χ0v) is 12.6. The second-order valence-corrected chi connectivity index (χ2v) is 4.98. The van der Waals surface area contributed by atoms with E-state index in [1.165, 1.54) is 11.8 Å². The van der Waals surface area contributed by atoms with E-state index in [1.807, 2.05) is 14.1 Å². The summed E-state index contributed by atoms with van der Waals surface area (Å²) in [6.07, 6.45) is 0.668. The van der Waals surface area contributed by atoms with Crippen LogP contribution >= 0.6 is 0 Å². The second-order valence-electron chi connectivity index (χ2n) is 4.98. The molecule has 0 saturated carbocycles. The van der Waals surface area contributed by atoms with Gasteiger partial charge in [0.25, 0.3) is 0 Å². The molecule has 1 atom stereocenters. The molecule has 116 valence electrons. The van der Waals surface area contributed by atoms with E-state index in [0.717, 1.165) is 6.54 Å². The molecule has 0 aliphatic heterocycles. The number of esters is 3. The summed E-state index contributed by atoms with van der Waals surface area (Å²) in [5, 5.41) is 0. The van der Waals surface area contributed by atoms with Crippen molar-refractivity contribution in [3.63, 3.8) is 0 Å². The lowest BCUT2D eigenvalue weighted by Crippen LogP contribution is -3.05. The minimum absolute atomic E-state index is 0.0943. The molecule has 7 nitrogen and oxygen atoms in total. The third-order valence-corrected chi connectivity index (χ3v) is 2.55. The molecular weight excluding hydrogens is 264 g/mol. The van der Waals surface area contributed by atoms with Gasteiger partial charge in [0, 0.05) is 19.8 Å². The van der Waals surface area contributed by atoms with Crippen LogP contribution in [0.15, 0.2) is 0 Å². The van der Waals surface area contributed by atoms with Crippen molar-refractivity contribution in [2.24, 2.45) is 0 Å². The van der Waals surface area contributed by atoms with Crippen LogP contribution in [0.3, 0.4) is 0 Å². The van der Waals surface area contributed by atoms with Crippen LogP contribution in [0.2, 0.25) is 0 Å². The maximum atomic E-state index is 11.6. The first-order valence-electron chi connectivity index (χ1n) is 6.84. The quantitative estimate of drug-likeness (QED) is 0.375. The number of rotatable bonds is 9. The molecule has 0 spiro atoms. The first kappa shape index (κ1) is 18.5. The number of nitrogens with one attached hydrogen (secondary N) is 1. The number of hydrogen-bond acceptors (Lipinski definition) is 5. The van der Waals surface area contributed by atoms with Crippen LogP contribution < -0.4 is 10.6 Å². The maximum Gasteiger partial charge on any atom is 0.317 e. The third-order valence-electron chi connectivity index (χ3n) is 2.55. The molecule has 0 unspecified atom stereocenters. The van der Waals surface area contributed by atoms with Crippen molar-refractivity contribution in [1.82, 2.24) is 0 Å². The Morgan fingerprint density at radius 1 is 1.20 bits per heavy atom. The molecule has 0 amide bonds. The molecule has 20 heavy (non-hydrogen) atoms. The molecule has 0 aliphatic carbocycles. The van der Waals surface area contributed by atoms with Crippen molar-refractivity contribution in [3.05, 3.63) is 0 Å². The Bertz CT molecular complexity index is 331. The predicted octanol–water partition coefficient (Wildman–Crippen LogP) is -2.07. The van der Waals surface area contributed by atoms with E-state index in [2.05, 4.69) is 10.5 Å². The third kappa shape index (κ3) is 10.5. The Labute approximate surface area is 119 Å². The van der Waals surface area contributed by atoms with E-state index >= 15 is 0 Å². The van der Waals surface area contributed by atoms with Gasteiger partial charge in [-0.3, -0.25) is 14.4 Å². The largest absolute Gasteiger partial charge is 0.462 e. The molecule has 7 heteroatoms. The highest BCUT2D eigenvalue weighted by Crippen LogP contribution is 2.06. The van der Waals surface area contributed by atoms with E-state index in [0.29, 0.717) is 19.4 Å². The Balaban J connectivity index is 4.22. The number of quaternary nitrogens is 2. The fraction of sp³-hybridized carbons (Fsp3) is 0.769. The highest BCUT2D eigenvalue weighted by atomic mass is 16.6. The van der Waals surface area contributed by atoms with Gasteiger partial charge in [0.2, 0.25) is 0 Å². The number of ether oxygens (including phenoxy) is 2. The second kappa shape index (κ2) is 10.3. The Morgan fingerprint density at radius 3 is 2.35 bits per heavy atom. The van der Waals surface area contributed by atoms with Gasteiger partial charge in [0.1, 0.15) is 6.10 Å². The van der Waals surface area contributed by atoms with Gasteiger partial charge in [-0.15, -0.1) is 0 Å². The van der Waals surface area contributed by atoms with Gasteiger partial charge in [0.15, 0.2) is 0 Å². The SMILES string of the molecule is CC(=O)O[C@@H](CC[NH+](C)C)CC(=O)OC(=O)CCC[NH3+]. The molecule has 0 heterocycles. The summed E-state index contributed by atoms with van der Waals surface area (Å²) in [4.78, 5) is 35.1. The molecule has 0 radical (unpaired) electrons. The van der Waals surface area contributed by atoms with Gasteiger partial charge in [-0.1, -0.05) is 0 Å². The van der Waals surface area contributed by atoms with E-state index < -0.39 is 24.0 Å². The lowest BCUT2D eigenvalue weighted by Gasteiger charge is -2.17. The summed E-state index contributed by atoms with van der Waals surface area (Å²) in [6, 6.07) is 0. The standard InChI is InChI=1S/C13H24N2O5/c1-10(16)19-11(6-8-15(2)3)9-13(18)20-12(17)5-4-7-14/h11H,4-9,14H2,1-3H3/p+2/t11-/m0/s1. The van der Waals surface area contributed by atoms with E-state index in [4.69, 9.17) is 4.74 Å². The molecule has 0 bridgehead atoms. The molecule has 0 fully saturated rings. The highest BCUT2D eigenvalue weighted by molar-refractivity contribution is 5.85. The lowest BCUT2D eigenvalue weighted by molar-refractivity contribution is -0.858. The van der Waals surface area contributed by atoms with Crippen LogP contribution in [-0.4, -0.2) is 51.2 Å². The van der Waals surface area contributed by atoms with E-state index in [-0.39, 0.29) is 12.8 Å². The smallest absolute Gasteiger partial charge is 0.317 e. The topological polar surface area (TPSA) is 102 Å². The summed E-state index contributed by atoms with van der Waals surface area (Å²) in [5.74, 6) is -1.66. The maximum absolute atomic E-state index is 11.6. The van der Waals surface area contributed by atoms with Gasteiger partial charge in [-0.25, -0.2) is 0 Å². The Hall–Kier alpha value is -1.47. The van der Waals surface area contributed by atoms with Gasteiger partial charge in [-0.2, -0.15) is 0 Å². The van der Waals surface area contributed by atoms with Crippen molar-refractivity contribution in [2.75, 3.05) is 27.2 Å². The molecule has 0 aromatic rings. The first-order chi connectivity index (χ1) is 9.35. The number of carbonyl (C=O) groups is 3. The van der Waals surface area contributed by atoms with Crippen LogP contribution in [-0.2, 0) is 23.9 Å². The van der Waals surface area contributed by atoms with Crippen molar-refractivity contribution in [2.45, 2.75) is 38.7 Å². The van der Waals surface area contributed by atoms with Crippen molar-refractivity contribution in [3.8, 4) is 0 Å². The number of carbonyl (C=O) groups excluding carboxylic acids is 3. The van der Waals surface area contributed by atoms with Crippen LogP contribution in [0.4, 0.5) is 0 Å². The van der Waals surface area contributed by atoms with E-state index in [1.54, 1.807) is 0 Å². The van der Waals surface area contributed by atoms with Gasteiger partial charge < -0.3 is 20.1 Å². The van der Waals surface area contributed by atoms with Gasteiger partial charge >= 0.3 is 17.9 Å². The van der Waals surface area contributed by atoms with Crippen LogP contribution in [0.1, 0.15) is 32.6 Å². The molecule has 0 saturated heterocycles. The summed E-state index contributed by atoms with van der Waals surface area (Å²) >= 11 is 0. The van der Waals surface area contributed by atoms with Crippen LogP contribution in [0.25, 0.3) is 0 Å². The van der Waals surface area contributed by atoms with Crippen molar-refractivity contribution < 1.29 is 34.5 Å². The highest BCUT2D eigenvalue weighted by Gasteiger charge is 2.21. The summed E-state index contributed by atoms with van der Waals surface area (Å²) in [6.45, 7) is 2.66. The zero-order chi connectivity index (χ0) is 15.5. The van der Waals surface area contributed by atoms with Crippen molar-refractivity contribution >= 4 is 17.9 Å². The predicted molar refractivity (Wildman–Crippen MR) is 70.6 cm³/mol. The fourth-order valence-corrected chi connectivity index (χ4v) is 1.56. The van der Waals surface area contributed by atoms with E-state index in [9.17, 15) is 14.4 Å².